The molecule has 1 saturated carbocycles. The molecule has 1 aliphatic carbocycles. The lowest BCUT2D eigenvalue weighted by molar-refractivity contribution is -0.127. The molecule has 0 bridgehead atoms. The van der Waals surface area contributed by atoms with Crippen molar-refractivity contribution in [3.05, 3.63) is 29.3 Å². The van der Waals surface area contributed by atoms with Crippen molar-refractivity contribution >= 4 is 17.7 Å². The smallest absolute Gasteiger partial charge is 0.260 e. The first-order valence-corrected chi connectivity index (χ1v) is 9.24. The van der Waals surface area contributed by atoms with Crippen molar-refractivity contribution in [3.63, 3.8) is 0 Å². The minimum Gasteiger partial charge on any atom is -0.481 e. The second kappa shape index (κ2) is 8.47. The van der Waals surface area contributed by atoms with Crippen LogP contribution in [0.3, 0.4) is 0 Å². The second-order valence-corrected chi connectivity index (χ2v) is 7.48. The van der Waals surface area contributed by atoms with E-state index < -0.39 is 6.10 Å². The number of ether oxygens (including phenoxy) is 1. The van der Waals surface area contributed by atoms with Crippen molar-refractivity contribution in [1.82, 2.24) is 5.32 Å². The van der Waals surface area contributed by atoms with Gasteiger partial charge in [0.2, 0.25) is 0 Å². The minimum absolute atomic E-state index is 0.0368. The molecule has 0 unspecified atom stereocenters. The van der Waals surface area contributed by atoms with E-state index in [2.05, 4.69) is 12.2 Å². The van der Waals surface area contributed by atoms with Crippen LogP contribution in [0.4, 0.5) is 0 Å². The number of nitrogens with one attached hydrogen (secondary N) is 1. The maximum Gasteiger partial charge on any atom is 0.260 e. The summed E-state index contributed by atoms with van der Waals surface area (Å²) >= 11 is 1.99. The van der Waals surface area contributed by atoms with Crippen molar-refractivity contribution in [1.29, 1.82) is 0 Å². The van der Waals surface area contributed by atoms with Gasteiger partial charge in [0.25, 0.3) is 5.91 Å². The number of benzene rings is 1. The summed E-state index contributed by atoms with van der Waals surface area (Å²) in [6, 6.07) is 5.92. The van der Waals surface area contributed by atoms with E-state index in [-0.39, 0.29) is 5.91 Å². The molecular formula is C18H27NO2S. The summed E-state index contributed by atoms with van der Waals surface area (Å²) in [5, 5.41) is 3.77. The van der Waals surface area contributed by atoms with Gasteiger partial charge in [-0.05, 0) is 56.9 Å². The Morgan fingerprint density at radius 2 is 2.05 bits per heavy atom. The molecule has 2 rings (SSSR count). The van der Waals surface area contributed by atoms with Gasteiger partial charge >= 0.3 is 0 Å². The molecule has 22 heavy (non-hydrogen) atoms. The van der Waals surface area contributed by atoms with Gasteiger partial charge in [-0.3, -0.25) is 4.79 Å². The molecular weight excluding hydrogens is 294 g/mol. The number of thioether (sulfide) groups is 1. The van der Waals surface area contributed by atoms with Gasteiger partial charge in [0.15, 0.2) is 6.10 Å². The molecule has 1 fully saturated rings. The van der Waals surface area contributed by atoms with Gasteiger partial charge in [0.05, 0.1) is 0 Å². The monoisotopic (exact) mass is 321 g/mol. The third-order valence-corrected chi connectivity index (χ3v) is 5.60. The molecule has 0 saturated heterocycles. The normalized spacial score (nSPS) is 16.5. The zero-order chi connectivity index (χ0) is 15.9. The molecule has 3 nitrogen and oxygen atoms in total. The summed E-state index contributed by atoms with van der Waals surface area (Å²) in [5.41, 5.74) is 2.41. The maximum atomic E-state index is 12.0. The molecule has 0 spiro atoms. The Morgan fingerprint density at radius 3 is 2.73 bits per heavy atom. The molecule has 0 heterocycles. The minimum atomic E-state index is -0.460. The van der Waals surface area contributed by atoms with Crippen molar-refractivity contribution in [2.24, 2.45) is 0 Å². The highest BCUT2D eigenvalue weighted by atomic mass is 32.2. The highest BCUT2D eigenvalue weighted by molar-refractivity contribution is 7.99. The molecule has 0 radical (unpaired) electrons. The lowest BCUT2D eigenvalue weighted by Crippen LogP contribution is -2.37. The number of amides is 1. The molecule has 1 aromatic carbocycles. The summed E-state index contributed by atoms with van der Waals surface area (Å²) < 4.78 is 5.72. The van der Waals surface area contributed by atoms with Crippen LogP contribution in [0, 0.1) is 13.8 Å². The average Bonchev–Trinajstić information content (AvgIpc) is 3.00. The topological polar surface area (TPSA) is 38.3 Å². The van der Waals surface area contributed by atoms with E-state index in [9.17, 15) is 4.79 Å². The van der Waals surface area contributed by atoms with E-state index in [1.165, 1.54) is 36.8 Å². The molecule has 122 valence electrons. The fraction of sp³-hybridized carbons (Fsp3) is 0.611. The highest BCUT2D eigenvalue weighted by Crippen LogP contribution is 2.28. The Bertz CT molecular complexity index is 498. The van der Waals surface area contributed by atoms with Crippen LogP contribution in [0.1, 0.15) is 43.7 Å². The summed E-state index contributed by atoms with van der Waals surface area (Å²) in [4.78, 5) is 12.0. The Morgan fingerprint density at radius 1 is 1.32 bits per heavy atom. The van der Waals surface area contributed by atoms with Gasteiger partial charge in [-0.2, -0.15) is 11.8 Å². The number of hydrogen-bond acceptors (Lipinski definition) is 3. The summed E-state index contributed by atoms with van der Waals surface area (Å²) in [6.07, 6.45) is 4.95. The second-order valence-electron chi connectivity index (χ2n) is 6.07. The molecule has 1 aliphatic rings. The van der Waals surface area contributed by atoms with E-state index in [0.717, 1.165) is 23.3 Å². The fourth-order valence-electron chi connectivity index (χ4n) is 2.64. The molecule has 1 atom stereocenters. The Hall–Kier alpha value is -1.16. The van der Waals surface area contributed by atoms with Crippen molar-refractivity contribution in [2.45, 2.75) is 57.8 Å². The van der Waals surface area contributed by atoms with Crippen molar-refractivity contribution in [3.8, 4) is 5.75 Å². The zero-order valence-electron chi connectivity index (χ0n) is 13.9. The zero-order valence-corrected chi connectivity index (χ0v) is 14.7. The van der Waals surface area contributed by atoms with Crippen LogP contribution in [-0.2, 0) is 4.79 Å². The lowest BCUT2D eigenvalue weighted by Gasteiger charge is -2.16. The average molecular weight is 321 g/mol. The van der Waals surface area contributed by atoms with E-state index in [0.29, 0.717) is 0 Å². The number of hydrogen-bond donors (Lipinski definition) is 1. The molecule has 4 heteroatoms. The quantitative estimate of drug-likeness (QED) is 0.775. The maximum absolute atomic E-state index is 12.0. The van der Waals surface area contributed by atoms with E-state index in [1.54, 1.807) is 6.92 Å². The Labute approximate surface area is 138 Å². The largest absolute Gasteiger partial charge is 0.481 e. The standard InChI is InChI=1S/C18H27NO2S/c1-13-8-9-16(12-14(13)2)21-15(3)18(20)19-10-11-22-17-6-4-5-7-17/h8-9,12,15,17H,4-7,10-11H2,1-3H3,(H,19,20)/t15-/m1/s1. The SMILES string of the molecule is Cc1ccc(O[C@H](C)C(=O)NCCSC2CCCC2)cc1C. The molecule has 0 aliphatic heterocycles. The van der Waals surface area contributed by atoms with Gasteiger partial charge in [-0.15, -0.1) is 0 Å². The number of aryl methyl sites for hydroxylation is 2. The molecule has 0 aromatic heterocycles. The van der Waals surface area contributed by atoms with Crippen LogP contribution in [0.15, 0.2) is 18.2 Å². The highest BCUT2D eigenvalue weighted by Gasteiger charge is 2.16. The molecule has 1 aromatic rings. The predicted octanol–water partition coefficient (Wildman–Crippen LogP) is 3.86. The van der Waals surface area contributed by atoms with Crippen LogP contribution in [0.25, 0.3) is 0 Å². The Balaban J connectivity index is 1.68. The third kappa shape index (κ3) is 5.24. The number of carbonyl (C=O) groups is 1. The van der Waals surface area contributed by atoms with Crippen molar-refractivity contribution < 1.29 is 9.53 Å². The van der Waals surface area contributed by atoms with Gasteiger partial charge in [0.1, 0.15) is 5.75 Å². The lowest BCUT2D eigenvalue weighted by atomic mass is 10.1. The fourth-order valence-corrected chi connectivity index (χ4v) is 3.86. The van der Waals surface area contributed by atoms with Gasteiger partial charge in [-0.1, -0.05) is 18.9 Å². The molecule has 1 N–H and O–H groups in total. The first kappa shape index (κ1) is 17.2. The van der Waals surface area contributed by atoms with Crippen LogP contribution in [-0.4, -0.2) is 29.6 Å². The van der Waals surface area contributed by atoms with Crippen LogP contribution in [0.5, 0.6) is 5.75 Å². The third-order valence-electron chi connectivity index (χ3n) is 4.22. The van der Waals surface area contributed by atoms with Gasteiger partial charge < -0.3 is 10.1 Å². The predicted molar refractivity (Wildman–Crippen MR) is 93.7 cm³/mol. The molecule has 1 amide bonds. The van der Waals surface area contributed by atoms with E-state index >= 15 is 0 Å². The van der Waals surface area contributed by atoms with E-state index in [4.69, 9.17) is 4.74 Å². The summed E-state index contributed by atoms with van der Waals surface area (Å²) in [5.74, 6) is 1.71. The van der Waals surface area contributed by atoms with Crippen LogP contribution >= 0.6 is 11.8 Å². The summed E-state index contributed by atoms with van der Waals surface area (Å²) in [7, 11) is 0. The van der Waals surface area contributed by atoms with Gasteiger partial charge in [-0.25, -0.2) is 0 Å². The van der Waals surface area contributed by atoms with Crippen molar-refractivity contribution in [2.75, 3.05) is 12.3 Å². The van der Waals surface area contributed by atoms with Gasteiger partial charge in [0, 0.05) is 17.5 Å². The van der Waals surface area contributed by atoms with E-state index in [1.807, 2.05) is 36.9 Å². The number of rotatable bonds is 7. The first-order chi connectivity index (χ1) is 10.6. The van der Waals surface area contributed by atoms with Crippen LogP contribution < -0.4 is 10.1 Å². The number of carbonyl (C=O) groups excluding carboxylic acids is 1. The summed E-state index contributed by atoms with van der Waals surface area (Å²) in [6.45, 7) is 6.64. The van der Waals surface area contributed by atoms with Crippen LogP contribution in [0.2, 0.25) is 0 Å². The Kier molecular flexibility index (Phi) is 6.62. The first-order valence-electron chi connectivity index (χ1n) is 8.19.